The first-order valence-electron chi connectivity index (χ1n) is 15.3. The normalized spacial score (nSPS) is 19.3. The molecule has 6 rings (SSSR count). The molecule has 0 radical (unpaired) electrons. The number of alkyl halides is 3. The molecule has 2 atom stereocenters. The number of amides is 2. The molecular weight excluding hydrogens is 613 g/mol. The highest BCUT2D eigenvalue weighted by Gasteiger charge is 2.31. The van der Waals surface area contributed by atoms with Crippen LogP contribution in [0.1, 0.15) is 61.6 Å². The van der Waals surface area contributed by atoms with E-state index in [1.807, 2.05) is 12.1 Å². The van der Waals surface area contributed by atoms with E-state index in [1.54, 1.807) is 11.8 Å². The number of rotatable bonds is 7. The minimum Gasteiger partial charge on any atom is -0.406 e. The Hall–Kier alpha value is -4.32. The number of hydrogen-bond donors (Lipinski definition) is 1. The van der Waals surface area contributed by atoms with E-state index in [4.69, 9.17) is 0 Å². The average molecular weight is 649 g/mol. The first-order valence-corrected chi connectivity index (χ1v) is 16.3. The lowest BCUT2D eigenvalue weighted by atomic mass is 9.95. The summed E-state index contributed by atoms with van der Waals surface area (Å²) >= 11 is 1.62. The number of hydrogen-bond acceptors (Lipinski definition) is 5. The summed E-state index contributed by atoms with van der Waals surface area (Å²) in [5, 5.41) is 8.38. The maximum atomic E-state index is 13.0. The van der Waals surface area contributed by atoms with Crippen molar-refractivity contribution in [3.63, 3.8) is 0 Å². The monoisotopic (exact) mass is 648 g/mol. The van der Waals surface area contributed by atoms with Gasteiger partial charge >= 0.3 is 12.4 Å². The van der Waals surface area contributed by atoms with E-state index in [0.29, 0.717) is 23.3 Å². The number of aliphatic imine (C=N–C) groups is 1. The van der Waals surface area contributed by atoms with E-state index in [9.17, 15) is 18.0 Å². The van der Waals surface area contributed by atoms with Gasteiger partial charge in [0, 0.05) is 29.6 Å². The number of benzene rings is 3. The predicted molar refractivity (Wildman–Crippen MR) is 175 cm³/mol. The first-order chi connectivity index (χ1) is 22.0. The number of amidine groups is 1. The molecule has 2 fully saturated rings. The van der Waals surface area contributed by atoms with Gasteiger partial charge in [0.15, 0.2) is 11.0 Å². The lowest BCUT2D eigenvalue weighted by molar-refractivity contribution is -0.274. The zero-order valence-corrected chi connectivity index (χ0v) is 26.6. The highest BCUT2D eigenvalue weighted by atomic mass is 32.2. The molecule has 2 aliphatic rings. The third kappa shape index (κ3) is 7.22. The van der Waals surface area contributed by atoms with E-state index in [-0.39, 0.29) is 17.8 Å². The number of aromatic nitrogens is 3. The lowest BCUT2D eigenvalue weighted by Crippen LogP contribution is -2.33. The molecule has 1 N–H and O–H groups in total. The second kappa shape index (κ2) is 13.2. The number of aryl methyl sites for hydroxylation is 1. The molecule has 1 saturated carbocycles. The van der Waals surface area contributed by atoms with Gasteiger partial charge in [0.25, 0.3) is 0 Å². The van der Waals surface area contributed by atoms with Gasteiger partial charge in [-0.05, 0) is 85.0 Å². The average Bonchev–Trinajstić information content (AvgIpc) is 3.78. The highest BCUT2D eigenvalue weighted by molar-refractivity contribution is 8.14. The Morgan fingerprint density at radius 3 is 2.54 bits per heavy atom. The summed E-state index contributed by atoms with van der Waals surface area (Å²) < 4.78 is 42.8. The fraction of sp³-hybridized carbons (Fsp3) is 0.353. The van der Waals surface area contributed by atoms with Crippen LogP contribution in [0.25, 0.3) is 17.1 Å². The molecule has 1 aromatic heterocycles. The molecule has 0 spiro atoms. The third-order valence-electron chi connectivity index (χ3n) is 8.37. The molecule has 2 heterocycles. The number of carbonyl (C=O) groups is 1. The Bertz CT molecular complexity index is 1720. The SMILES string of the molecule is Cc1cccc(N2CCSC2=NC(=O)NC2CCC(c3ccc(-c4ncn(-c5ccc(OC(F)(F)F)cc5)n4)cc3)C2)c1C(C)C. The zero-order chi connectivity index (χ0) is 32.4. The van der Waals surface area contributed by atoms with E-state index in [1.165, 1.54) is 52.0 Å². The highest BCUT2D eigenvalue weighted by Crippen LogP contribution is 2.37. The summed E-state index contributed by atoms with van der Waals surface area (Å²) in [6.07, 6.45) is -0.544. The third-order valence-corrected chi connectivity index (χ3v) is 9.33. The summed E-state index contributed by atoms with van der Waals surface area (Å²) in [6, 6.07) is 19.6. The molecule has 0 bridgehead atoms. The van der Waals surface area contributed by atoms with Gasteiger partial charge < -0.3 is 15.0 Å². The van der Waals surface area contributed by atoms with E-state index < -0.39 is 6.36 Å². The Balaban J connectivity index is 1.06. The Kier molecular flexibility index (Phi) is 9.08. The molecule has 8 nitrogen and oxygen atoms in total. The van der Waals surface area contributed by atoms with Crippen molar-refractivity contribution < 1.29 is 22.7 Å². The molecule has 1 aliphatic heterocycles. The van der Waals surface area contributed by atoms with Crippen LogP contribution in [-0.4, -0.2) is 50.7 Å². The van der Waals surface area contributed by atoms with Crippen LogP contribution in [0.15, 0.2) is 78.0 Å². The van der Waals surface area contributed by atoms with E-state index in [2.05, 4.69) is 81.1 Å². The summed E-state index contributed by atoms with van der Waals surface area (Å²) in [5.74, 6) is 1.78. The van der Waals surface area contributed by atoms with Crippen molar-refractivity contribution in [2.75, 3.05) is 17.2 Å². The minimum atomic E-state index is -4.74. The van der Waals surface area contributed by atoms with Crippen LogP contribution in [-0.2, 0) is 0 Å². The molecular formula is C34H35F3N6O2S. The van der Waals surface area contributed by atoms with Gasteiger partial charge in [0.05, 0.1) is 5.69 Å². The molecule has 2 amide bonds. The van der Waals surface area contributed by atoms with Crippen LogP contribution in [0.4, 0.5) is 23.7 Å². The van der Waals surface area contributed by atoms with Crippen LogP contribution < -0.4 is 15.0 Å². The lowest BCUT2D eigenvalue weighted by Gasteiger charge is -2.24. The molecule has 3 aromatic carbocycles. The van der Waals surface area contributed by atoms with E-state index >= 15 is 0 Å². The maximum absolute atomic E-state index is 13.0. The van der Waals surface area contributed by atoms with Crippen molar-refractivity contribution in [2.45, 2.75) is 64.3 Å². The summed E-state index contributed by atoms with van der Waals surface area (Å²) in [6.45, 7) is 7.34. The number of anilines is 1. The van der Waals surface area contributed by atoms with Crippen molar-refractivity contribution in [3.05, 3.63) is 89.7 Å². The van der Waals surface area contributed by atoms with Gasteiger partial charge in [0.1, 0.15) is 12.1 Å². The summed E-state index contributed by atoms with van der Waals surface area (Å²) in [5.41, 5.74) is 6.24. The van der Waals surface area contributed by atoms with Gasteiger partial charge in [-0.3, -0.25) is 0 Å². The Labute approximate surface area is 270 Å². The fourth-order valence-corrected chi connectivity index (χ4v) is 7.25. The van der Waals surface area contributed by atoms with Gasteiger partial charge in [0.2, 0.25) is 0 Å². The van der Waals surface area contributed by atoms with Crippen molar-refractivity contribution in [2.24, 2.45) is 4.99 Å². The van der Waals surface area contributed by atoms with Crippen molar-refractivity contribution in [1.29, 1.82) is 0 Å². The Morgan fingerprint density at radius 1 is 1.07 bits per heavy atom. The standard InChI is InChI=1S/C34H35F3N6O2S/c1-21(2)30-22(3)5-4-6-29(30)42-17-18-46-33(42)40-32(44)39-26-12-11-25(19-26)23-7-9-24(10-8-23)31-38-20-43(41-31)27-13-15-28(16-14-27)45-34(35,36)37/h4-10,13-16,20-21,25-26H,11-12,17-19H2,1-3H3,(H,39,44). The van der Waals surface area contributed by atoms with E-state index in [0.717, 1.165) is 48.0 Å². The summed E-state index contributed by atoms with van der Waals surface area (Å²) in [4.78, 5) is 24.1. The largest absolute Gasteiger partial charge is 0.573 e. The smallest absolute Gasteiger partial charge is 0.406 e. The minimum absolute atomic E-state index is 0.0526. The van der Waals surface area contributed by atoms with Crippen molar-refractivity contribution in [3.8, 4) is 22.8 Å². The Morgan fingerprint density at radius 2 is 1.83 bits per heavy atom. The molecule has 240 valence electrons. The van der Waals surface area contributed by atoms with Gasteiger partial charge in [-0.15, -0.1) is 18.3 Å². The van der Waals surface area contributed by atoms with Crippen LogP contribution >= 0.6 is 11.8 Å². The van der Waals surface area contributed by atoms with Crippen molar-refractivity contribution >= 4 is 28.6 Å². The van der Waals surface area contributed by atoms with Crippen molar-refractivity contribution in [1.82, 2.24) is 20.1 Å². The summed E-state index contributed by atoms with van der Waals surface area (Å²) in [7, 11) is 0. The number of thioether (sulfide) groups is 1. The number of urea groups is 1. The molecule has 2 unspecified atom stereocenters. The second-order valence-corrected chi connectivity index (χ2v) is 13.0. The number of nitrogens with zero attached hydrogens (tertiary/aromatic N) is 5. The predicted octanol–water partition coefficient (Wildman–Crippen LogP) is 8.22. The van der Waals surface area contributed by atoms with Crippen LogP contribution in [0.2, 0.25) is 0 Å². The molecule has 12 heteroatoms. The fourth-order valence-electron chi connectivity index (χ4n) is 6.30. The topological polar surface area (TPSA) is 84.6 Å². The van der Waals surface area contributed by atoms with Crippen LogP contribution in [0, 0.1) is 6.92 Å². The molecule has 46 heavy (non-hydrogen) atoms. The van der Waals surface area contributed by atoms with Crippen LogP contribution in [0.5, 0.6) is 5.75 Å². The number of nitrogens with one attached hydrogen (secondary N) is 1. The number of carbonyl (C=O) groups excluding carboxylic acids is 1. The first kappa shape index (κ1) is 31.7. The second-order valence-electron chi connectivity index (χ2n) is 11.9. The zero-order valence-electron chi connectivity index (χ0n) is 25.8. The maximum Gasteiger partial charge on any atom is 0.573 e. The van der Waals surface area contributed by atoms with Gasteiger partial charge in [-0.1, -0.05) is 62.0 Å². The van der Waals surface area contributed by atoms with Gasteiger partial charge in [-0.25, -0.2) is 14.5 Å². The van der Waals surface area contributed by atoms with Gasteiger partial charge in [-0.2, -0.15) is 4.99 Å². The molecule has 1 saturated heterocycles. The quantitative estimate of drug-likeness (QED) is 0.217. The van der Waals surface area contributed by atoms with Crippen LogP contribution in [0.3, 0.4) is 0 Å². The number of ether oxygens (including phenoxy) is 1. The molecule has 4 aromatic rings. The number of halogens is 3. The molecule has 1 aliphatic carbocycles.